The minimum Gasteiger partial charge on any atom is -0.465 e. The van der Waals surface area contributed by atoms with Crippen molar-refractivity contribution in [3.05, 3.63) is 69.6 Å². The fourth-order valence-corrected chi connectivity index (χ4v) is 2.31. The van der Waals surface area contributed by atoms with Gasteiger partial charge in [-0.25, -0.2) is 9.59 Å². The maximum atomic E-state index is 12.3. The van der Waals surface area contributed by atoms with Gasteiger partial charge in [0.2, 0.25) is 0 Å². The van der Waals surface area contributed by atoms with Gasteiger partial charge in [-0.15, -0.1) is 0 Å². The van der Waals surface area contributed by atoms with Gasteiger partial charge in [-0.1, -0.05) is 12.1 Å². The minimum absolute atomic E-state index is 0.0254. The maximum Gasteiger partial charge on any atom is 0.355 e. The van der Waals surface area contributed by atoms with Gasteiger partial charge in [0.1, 0.15) is 5.70 Å². The molecule has 0 aromatic heterocycles. The molecule has 8 nitrogen and oxygen atoms in total. The van der Waals surface area contributed by atoms with Crippen LogP contribution in [0.5, 0.6) is 0 Å². The van der Waals surface area contributed by atoms with Crippen LogP contribution < -0.4 is 4.90 Å². The normalized spacial score (nSPS) is 13.5. The van der Waals surface area contributed by atoms with Gasteiger partial charge in [0.15, 0.2) is 0 Å². The average Bonchev–Trinajstić information content (AvgIpc) is 2.83. The molecule has 0 bridgehead atoms. The van der Waals surface area contributed by atoms with E-state index in [9.17, 15) is 19.7 Å². The molecule has 1 aliphatic heterocycles. The van der Waals surface area contributed by atoms with Crippen molar-refractivity contribution in [1.29, 1.82) is 0 Å². The van der Waals surface area contributed by atoms with Crippen LogP contribution in [-0.4, -0.2) is 31.1 Å². The van der Waals surface area contributed by atoms with E-state index < -0.39 is 16.9 Å². The van der Waals surface area contributed by atoms with Crippen LogP contribution in [0.25, 0.3) is 0 Å². The predicted octanol–water partition coefficient (Wildman–Crippen LogP) is 2.39. The highest BCUT2D eigenvalue weighted by Crippen LogP contribution is 2.30. The molecule has 0 amide bonds. The molecule has 130 valence electrons. The number of hydrogen-bond acceptors (Lipinski definition) is 7. The summed E-state index contributed by atoms with van der Waals surface area (Å²) in [6.45, 7) is 1.61. The van der Waals surface area contributed by atoms with Gasteiger partial charge in [0.25, 0.3) is 5.69 Å². The molecule has 1 aromatic rings. The third-order valence-corrected chi connectivity index (χ3v) is 3.56. The zero-order valence-electron chi connectivity index (χ0n) is 13.9. The van der Waals surface area contributed by atoms with Crippen molar-refractivity contribution in [2.75, 3.05) is 19.1 Å². The lowest BCUT2D eigenvalue weighted by Crippen LogP contribution is -2.27. The summed E-state index contributed by atoms with van der Waals surface area (Å²) >= 11 is 0. The molecule has 0 atom stereocenters. The molecule has 0 saturated heterocycles. The molecule has 2 rings (SSSR count). The summed E-state index contributed by atoms with van der Waals surface area (Å²) in [5, 5.41) is 11.2. The summed E-state index contributed by atoms with van der Waals surface area (Å²) in [6, 6.07) is 4.49. The van der Waals surface area contributed by atoms with Gasteiger partial charge < -0.3 is 14.4 Å². The lowest BCUT2D eigenvalue weighted by atomic mass is 10.1. The number of benzene rings is 1. The zero-order valence-corrected chi connectivity index (χ0v) is 13.9. The van der Waals surface area contributed by atoms with Crippen LogP contribution in [0.1, 0.15) is 5.56 Å². The number of methoxy groups -OCH3 is 2. The van der Waals surface area contributed by atoms with Gasteiger partial charge in [-0.2, -0.15) is 0 Å². The summed E-state index contributed by atoms with van der Waals surface area (Å²) in [5.74, 6) is -1.51. The number of nitrogens with zero attached hydrogens (tertiary/aromatic N) is 2. The Kier molecular flexibility index (Phi) is 5.33. The van der Waals surface area contributed by atoms with E-state index >= 15 is 0 Å². The van der Waals surface area contributed by atoms with E-state index in [1.54, 1.807) is 31.2 Å². The number of nitro groups is 1. The second kappa shape index (κ2) is 7.43. The topological polar surface area (TPSA) is 99.0 Å². The van der Waals surface area contributed by atoms with E-state index in [2.05, 4.69) is 0 Å². The van der Waals surface area contributed by atoms with Gasteiger partial charge in [0, 0.05) is 17.8 Å². The number of hydrogen-bond donors (Lipinski definition) is 0. The first-order valence-electron chi connectivity index (χ1n) is 7.20. The predicted molar refractivity (Wildman–Crippen MR) is 89.7 cm³/mol. The second-order valence-corrected chi connectivity index (χ2v) is 5.04. The Labute approximate surface area is 143 Å². The van der Waals surface area contributed by atoms with Crippen molar-refractivity contribution in [1.82, 2.24) is 0 Å². The Morgan fingerprint density at radius 1 is 1.12 bits per heavy atom. The molecule has 0 fully saturated rings. The van der Waals surface area contributed by atoms with Crippen molar-refractivity contribution < 1.29 is 24.0 Å². The standard InChI is InChI=1S/C17H16N2O6/c1-11-7-8-12(10-14(11)19(22)23)18-9-5-4-6-13(16(20)24-2)15(18)17(21)25-3/h4-10H,1-3H3. The SMILES string of the molecule is COC(=O)C1=C(C(=O)OC)N(c2ccc(C)c([N+](=O)[O-])c2)C=CC=C1. The number of rotatable bonds is 4. The highest BCUT2D eigenvalue weighted by molar-refractivity contribution is 6.05. The molecule has 25 heavy (non-hydrogen) atoms. The lowest BCUT2D eigenvalue weighted by molar-refractivity contribution is -0.385. The Balaban J connectivity index is 2.69. The first-order valence-corrected chi connectivity index (χ1v) is 7.20. The van der Waals surface area contributed by atoms with Gasteiger partial charge in [-0.3, -0.25) is 10.1 Å². The highest BCUT2D eigenvalue weighted by atomic mass is 16.6. The molecule has 0 aliphatic carbocycles. The van der Waals surface area contributed by atoms with Crippen LogP contribution >= 0.6 is 0 Å². The van der Waals surface area contributed by atoms with Crippen molar-refractivity contribution in [2.45, 2.75) is 6.92 Å². The van der Waals surface area contributed by atoms with Crippen LogP contribution in [0.4, 0.5) is 11.4 Å². The molecular formula is C17H16N2O6. The Morgan fingerprint density at radius 3 is 2.40 bits per heavy atom. The molecule has 1 heterocycles. The number of allylic oxidation sites excluding steroid dienone is 2. The third kappa shape index (κ3) is 3.57. The van der Waals surface area contributed by atoms with E-state index in [1.807, 2.05) is 0 Å². The van der Waals surface area contributed by atoms with Crippen LogP contribution in [0.3, 0.4) is 0 Å². The number of carbonyl (C=O) groups is 2. The van der Waals surface area contributed by atoms with Crippen LogP contribution in [0.15, 0.2) is 53.9 Å². The van der Waals surface area contributed by atoms with Crippen molar-refractivity contribution in [3.8, 4) is 0 Å². The molecule has 0 radical (unpaired) electrons. The van der Waals surface area contributed by atoms with Gasteiger partial charge in [0.05, 0.1) is 30.4 Å². The highest BCUT2D eigenvalue weighted by Gasteiger charge is 2.28. The summed E-state index contributed by atoms with van der Waals surface area (Å²) in [4.78, 5) is 36.4. The summed E-state index contributed by atoms with van der Waals surface area (Å²) in [5.41, 5.74) is 0.577. The van der Waals surface area contributed by atoms with E-state index in [0.717, 1.165) is 0 Å². The Hall–Kier alpha value is -3.42. The van der Waals surface area contributed by atoms with Crippen LogP contribution in [0.2, 0.25) is 0 Å². The first kappa shape index (κ1) is 17.9. The maximum absolute atomic E-state index is 12.3. The average molecular weight is 344 g/mol. The molecule has 1 aliphatic rings. The van der Waals surface area contributed by atoms with E-state index in [1.165, 1.54) is 37.5 Å². The van der Waals surface area contributed by atoms with Crippen molar-refractivity contribution >= 4 is 23.3 Å². The monoisotopic (exact) mass is 344 g/mol. The van der Waals surface area contributed by atoms with Crippen molar-refractivity contribution in [3.63, 3.8) is 0 Å². The molecule has 1 aromatic carbocycles. The number of nitro benzene ring substituents is 1. The fourth-order valence-electron chi connectivity index (χ4n) is 2.31. The van der Waals surface area contributed by atoms with Gasteiger partial charge >= 0.3 is 11.9 Å². The summed E-state index contributed by atoms with van der Waals surface area (Å²) < 4.78 is 9.49. The quantitative estimate of drug-likeness (QED) is 0.470. The number of ether oxygens (including phenoxy) is 2. The second-order valence-electron chi connectivity index (χ2n) is 5.04. The smallest absolute Gasteiger partial charge is 0.355 e. The molecular weight excluding hydrogens is 328 g/mol. The minimum atomic E-state index is -0.778. The van der Waals surface area contributed by atoms with Gasteiger partial charge in [-0.05, 0) is 25.1 Å². The molecule has 0 saturated carbocycles. The Morgan fingerprint density at radius 2 is 1.80 bits per heavy atom. The van der Waals surface area contributed by atoms with Crippen molar-refractivity contribution in [2.24, 2.45) is 0 Å². The number of esters is 2. The molecule has 0 N–H and O–H groups in total. The number of carbonyl (C=O) groups excluding carboxylic acids is 2. The fraction of sp³-hybridized carbons (Fsp3) is 0.176. The zero-order chi connectivity index (χ0) is 18.6. The third-order valence-electron chi connectivity index (χ3n) is 3.56. The molecule has 8 heteroatoms. The summed E-state index contributed by atoms with van der Waals surface area (Å²) in [6.07, 6.45) is 6.06. The first-order chi connectivity index (χ1) is 11.9. The Bertz CT molecular complexity index is 822. The van der Waals surface area contributed by atoms with Crippen LogP contribution in [-0.2, 0) is 19.1 Å². The lowest BCUT2D eigenvalue weighted by Gasteiger charge is -2.23. The largest absolute Gasteiger partial charge is 0.465 e. The summed E-state index contributed by atoms with van der Waals surface area (Å²) in [7, 11) is 2.37. The molecule has 0 spiro atoms. The number of anilines is 1. The van der Waals surface area contributed by atoms with E-state index in [4.69, 9.17) is 9.47 Å². The van der Waals surface area contributed by atoms with E-state index in [-0.39, 0.29) is 17.0 Å². The van der Waals surface area contributed by atoms with E-state index in [0.29, 0.717) is 11.3 Å². The number of aryl methyl sites for hydroxylation is 1. The van der Waals surface area contributed by atoms with Crippen LogP contribution in [0, 0.1) is 17.0 Å². The molecule has 0 unspecified atom stereocenters.